The predicted octanol–water partition coefficient (Wildman–Crippen LogP) is 4.25. The lowest BCUT2D eigenvalue weighted by molar-refractivity contribution is 0.695. The molecule has 1 aromatic heterocycles. The van der Waals surface area contributed by atoms with E-state index in [1.807, 2.05) is 11.3 Å². The molecule has 0 radical (unpaired) electrons. The lowest BCUT2D eigenvalue weighted by atomic mass is 10.1. The lowest BCUT2D eigenvalue weighted by Gasteiger charge is -2.19. The van der Waals surface area contributed by atoms with E-state index in [4.69, 9.17) is 0 Å². The van der Waals surface area contributed by atoms with Crippen molar-refractivity contribution in [2.75, 3.05) is 11.9 Å². The molecule has 0 bridgehead atoms. The Morgan fingerprint density at radius 3 is 2.43 bits per heavy atom. The van der Waals surface area contributed by atoms with Crippen LogP contribution in [0, 0.1) is 13.8 Å². The summed E-state index contributed by atoms with van der Waals surface area (Å²) in [5.74, 6) is 0. The fourth-order valence-electron chi connectivity index (χ4n) is 2.63. The van der Waals surface area contributed by atoms with E-state index >= 15 is 0 Å². The highest BCUT2D eigenvalue weighted by Crippen LogP contribution is 2.24. The maximum Gasteiger partial charge on any atom is 0.0519 e. The second-order valence-corrected chi connectivity index (χ2v) is 7.48. The molecule has 0 aliphatic heterocycles. The lowest BCUT2D eigenvalue weighted by Crippen LogP contribution is -2.16. The van der Waals surface area contributed by atoms with Crippen LogP contribution in [0.4, 0.5) is 5.69 Å². The molecule has 3 heteroatoms. The van der Waals surface area contributed by atoms with Gasteiger partial charge in [-0.1, -0.05) is 6.07 Å². The summed E-state index contributed by atoms with van der Waals surface area (Å²) in [6, 6.07) is 12.1. The van der Waals surface area contributed by atoms with Gasteiger partial charge in [-0.05, 0) is 62.1 Å². The Morgan fingerprint density at radius 1 is 1.10 bits per heavy atom. The first kappa shape index (κ1) is 14.6. The van der Waals surface area contributed by atoms with Gasteiger partial charge in [0.1, 0.15) is 0 Å². The summed E-state index contributed by atoms with van der Waals surface area (Å²) in [6.45, 7) is 6.34. The first-order chi connectivity index (χ1) is 10.1. The zero-order valence-corrected chi connectivity index (χ0v) is 14.0. The minimum atomic E-state index is 0.786. The third-order valence-electron chi connectivity index (χ3n) is 3.90. The van der Waals surface area contributed by atoms with Crippen LogP contribution in [-0.2, 0) is 13.1 Å². The van der Waals surface area contributed by atoms with E-state index in [1.165, 1.54) is 39.4 Å². The van der Waals surface area contributed by atoms with Gasteiger partial charge >= 0.3 is 0 Å². The molecule has 0 unspecified atom stereocenters. The number of hydrogen-bond acceptors (Lipinski definition) is 3. The summed E-state index contributed by atoms with van der Waals surface area (Å²) in [5, 5.41) is 3.58. The van der Waals surface area contributed by atoms with Gasteiger partial charge < -0.3 is 10.2 Å². The largest absolute Gasteiger partial charge is 0.369 e. The Kier molecular flexibility index (Phi) is 4.32. The summed E-state index contributed by atoms with van der Waals surface area (Å²) < 4.78 is 0. The Morgan fingerprint density at radius 2 is 1.76 bits per heavy atom. The van der Waals surface area contributed by atoms with Crippen LogP contribution >= 0.6 is 11.3 Å². The van der Waals surface area contributed by atoms with E-state index in [-0.39, 0.29) is 0 Å². The van der Waals surface area contributed by atoms with Crippen molar-refractivity contribution in [2.24, 2.45) is 0 Å². The van der Waals surface area contributed by atoms with Gasteiger partial charge in [0.15, 0.2) is 0 Å². The fraction of sp³-hybridized carbons (Fsp3) is 0.444. The highest BCUT2D eigenvalue weighted by molar-refractivity contribution is 7.12. The van der Waals surface area contributed by atoms with Crippen LogP contribution in [0.1, 0.15) is 33.7 Å². The molecule has 1 aliphatic rings. The zero-order chi connectivity index (χ0) is 14.8. The third-order valence-corrected chi connectivity index (χ3v) is 4.97. The van der Waals surface area contributed by atoms with Gasteiger partial charge in [-0.25, -0.2) is 0 Å². The molecule has 2 nitrogen and oxygen atoms in total. The van der Waals surface area contributed by atoms with Crippen LogP contribution in [0.25, 0.3) is 0 Å². The molecule has 0 atom stereocenters. The highest BCUT2D eigenvalue weighted by Gasteiger charge is 2.20. The Hall–Kier alpha value is -1.32. The average Bonchev–Trinajstić information content (AvgIpc) is 3.15. The van der Waals surface area contributed by atoms with E-state index in [1.54, 1.807) is 0 Å². The van der Waals surface area contributed by atoms with Gasteiger partial charge in [-0.15, -0.1) is 11.3 Å². The second kappa shape index (κ2) is 6.20. The Bertz CT molecular complexity index is 593. The highest BCUT2D eigenvalue weighted by atomic mass is 32.1. The van der Waals surface area contributed by atoms with Crippen LogP contribution < -0.4 is 10.2 Å². The molecule has 2 aromatic rings. The quantitative estimate of drug-likeness (QED) is 0.858. The van der Waals surface area contributed by atoms with Gasteiger partial charge in [-0.2, -0.15) is 0 Å². The first-order valence-corrected chi connectivity index (χ1v) is 8.52. The van der Waals surface area contributed by atoms with Crippen LogP contribution in [0.3, 0.4) is 0 Å². The van der Waals surface area contributed by atoms with Gasteiger partial charge in [0.25, 0.3) is 0 Å². The smallest absolute Gasteiger partial charge is 0.0519 e. The van der Waals surface area contributed by atoms with Crippen molar-refractivity contribution in [3.05, 3.63) is 51.2 Å². The second-order valence-electron chi connectivity index (χ2n) is 6.23. The van der Waals surface area contributed by atoms with Crippen LogP contribution in [0.5, 0.6) is 0 Å². The predicted molar refractivity (Wildman–Crippen MR) is 92.2 cm³/mol. The first-order valence-electron chi connectivity index (χ1n) is 7.70. The molecule has 1 aromatic carbocycles. The Balaban J connectivity index is 1.61. The number of nitrogens with zero attached hydrogens (tertiary/aromatic N) is 1. The van der Waals surface area contributed by atoms with Crippen LogP contribution in [0.2, 0.25) is 0 Å². The topological polar surface area (TPSA) is 15.3 Å². The molecule has 0 spiro atoms. The Labute approximate surface area is 131 Å². The van der Waals surface area contributed by atoms with Crippen molar-refractivity contribution in [2.45, 2.75) is 45.8 Å². The van der Waals surface area contributed by atoms with Gasteiger partial charge in [0.05, 0.1) is 6.54 Å². The number of benzene rings is 1. The van der Waals surface area contributed by atoms with Gasteiger partial charge in [0.2, 0.25) is 0 Å². The monoisotopic (exact) mass is 300 g/mol. The van der Waals surface area contributed by atoms with Crippen LogP contribution in [-0.4, -0.2) is 13.1 Å². The van der Waals surface area contributed by atoms with Gasteiger partial charge in [0, 0.05) is 35.1 Å². The summed E-state index contributed by atoms with van der Waals surface area (Å²) in [6.07, 6.45) is 2.71. The van der Waals surface area contributed by atoms with E-state index in [2.05, 4.69) is 61.4 Å². The molecule has 112 valence electrons. The zero-order valence-electron chi connectivity index (χ0n) is 13.1. The van der Waals surface area contributed by atoms with Crippen molar-refractivity contribution in [3.8, 4) is 0 Å². The van der Waals surface area contributed by atoms with Crippen molar-refractivity contribution in [1.82, 2.24) is 5.32 Å². The van der Waals surface area contributed by atoms with Crippen LogP contribution in [0.15, 0.2) is 30.3 Å². The number of thiophene rings is 1. The number of hydrogen-bond donors (Lipinski definition) is 1. The van der Waals surface area contributed by atoms with Crippen molar-refractivity contribution in [1.29, 1.82) is 0 Å². The molecule has 1 saturated carbocycles. The SMILES string of the molecule is Cc1cc(C)cc(N(C)Cc2ccc(CNC3CC3)s2)c1. The van der Waals surface area contributed by atoms with Gasteiger partial charge in [-0.3, -0.25) is 0 Å². The summed E-state index contributed by atoms with van der Waals surface area (Å²) in [5.41, 5.74) is 3.97. The molecule has 0 amide bonds. The standard InChI is InChI=1S/C18H24N2S/c1-13-8-14(2)10-16(9-13)20(3)12-18-7-6-17(21-18)11-19-15-4-5-15/h6-10,15,19H,4-5,11-12H2,1-3H3. The number of nitrogens with one attached hydrogen (secondary N) is 1. The molecule has 3 rings (SSSR count). The summed E-state index contributed by atoms with van der Waals surface area (Å²) in [7, 11) is 2.18. The maximum atomic E-state index is 3.58. The number of rotatable bonds is 6. The molecule has 21 heavy (non-hydrogen) atoms. The van der Waals surface area contributed by atoms with E-state index in [0.717, 1.165) is 19.1 Å². The van der Waals surface area contributed by atoms with Crippen molar-refractivity contribution < 1.29 is 0 Å². The van der Waals surface area contributed by atoms with E-state index in [0.29, 0.717) is 0 Å². The molecule has 0 saturated heterocycles. The molecular weight excluding hydrogens is 276 g/mol. The average molecular weight is 300 g/mol. The van der Waals surface area contributed by atoms with E-state index in [9.17, 15) is 0 Å². The third kappa shape index (κ3) is 4.08. The molecule has 1 N–H and O–H groups in total. The fourth-order valence-corrected chi connectivity index (χ4v) is 3.65. The minimum Gasteiger partial charge on any atom is -0.369 e. The number of aryl methyl sites for hydroxylation is 2. The maximum absolute atomic E-state index is 3.58. The molecule has 1 fully saturated rings. The summed E-state index contributed by atoms with van der Waals surface area (Å²) in [4.78, 5) is 5.22. The van der Waals surface area contributed by atoms with Crippen molar-refractivity contribution in [3.63, 3.8) is 0 Å². The van der Waals surface area contributed by atoms with Crippen molar-refractivity contribution >= 4 is 17.0 Å². The van der Waals surface area contributed by atoms with E-state index < -0.39 is 0 Å². The molecule has 1 heterocycles. The summed E-state index contributed by atoms with van der Waals surface area (Å²) >= 11 is 1.93. The minimum absolute atomic E-state index is 0.786. The normalized spacial score (nSPS) is 14.4. The molecule has 1 aliphatic carbocycles. The molecular formula is C18H24N2S. The number of anilines is 1.